The van der Waals surface area contributed by atoms with E-state index in [1.165, 1.54) is 12.8 Å². The van der Waals surface area contributed by atoms with Crippen molar-refractivity contribution in [2.24, 2.45) is 5.41 Å². The highest BCUT2D eigenvalue weighted by molar-refractivity contribution is 4.75. The topological polar surface area (TPSA) is 9.23 Å². The molecular weight excluding hydrogens is 112 g/mol. The molecule has 1 saturated heterocycles. The summed E-state index contributed by atoms with van der Waals surface area (Å²) in [6.07, 6.45) is 2.92. The second kappa shape index (κ2) is 2.30. The molecule has 1 fully saturated rings. The largest absolute Gasteiger partial charge is 0.378 e. The lowest BCUT2D eigenvalue weighted by molar-refractivity contribution is -0.0252. The van der Waals surface area contributed by atoms with Crippen molar-refractivity contribution in [2.45, 2.75) is 39.7 Å². The molecule has 0 aromatic carbocycles. The summed E-state index contributed by atoms with van der Waals surface area (Å²) in [6.45, 7) is 7.73. The molecule has 1 heteroatoms. The maximum Gasteiger partial charge on any atom is 0.0552 e. The van der Waals surface area contributed by atoms with E-state index in [0.29, 0.717) is 11.5 Å². The molecule has 9 heavy (non-hydrogen) atoms. The Morgan fingerprint density at radius 3 is 2.44 bits per heavy atom. The maximum atomic E-state index is 5.41. The average Bonchev–Trinajstić information content (AvgIpc) is 1.60. The highest BCUT2D eigenvalue weighted by Crippen LogP contribution is 2.31. The van der Waals surface area contributed by atoms with Gasteiger partial charge in [0.05, 0.1) is 6.10 Å². The summed E-state index contributed by atoms with van der Waals surface area (Å²) in [6, 6.07) is 0. The Bertz CT molecular complexity index is 96.7. The molecule has 0 bridgehead atoms. The van der Waals surface area contributed by atoms with Gasteiger partial charge in [0.15, 0.2) is 0 Å². The summed E-state index contributed by atoms with van der Waals surface area (Å²) in [4.78, 5) is 0. The van der Waals surface area contributed by atoms with Crippen molar-refractivity contribution in [3.8, 4) is 0 Å². The molecule has 1 atom stereocenters. The predicted molar refractivity (Wildman–Crippen MR) is 38.4 cm³/mol. The van der Waals surface area contributed by atoms with Crippen LogP contribution in [0.1, 0.15) is 33.6 Å². The molecule has 1 aliphatic heterocycles. The van der Waals surface area contributed by atoms with E-state index in [4.69, 9.17) is 4.74 Å². The van der Waals surface area contributed by atoms with Crippen molar-refractivity contribution in [1.29, 1.82) is 0 Å². The van der Waals surface area contributed by atoms with Crippen LogP contribution in [-0.4, -0.2) is 12.7 Å². The lowest BCUT2D eigenvalue weighted by Gasteiger charge is -2.33. The molecule has 0 saturated carbocycles. The second-order valence-corrected chi connectivity index (χ2v) is 3.80. The molecule has 1 heterocycles. The SMILES string of the molecule is CC1CC(C)(C)CCO1. The fourth-order valence-electron chi connectivity index (χ4n) is 1.48. The fraction of sp³-hybridized carbons (Fsp3) is 1.00. The molecule has 0 spiro atoms. The van der Waals surface area contributed by atoms with Gasteiger partial charge < -0.3 is 4.74 Å². The number of hydrogen-bond acceptors (Lipinski definition) is 1. The summed E-state index contributed by atoms with van der Waals surface area (Å²) >= 11 is 0. The molecule has 0 aliphatic carbocycles. The molecule has 54 valence electrons. The van der Waals surface area contributed by atoms with Crippen LogP contribution in [0.25, 0.3) is 0 Å². The molecule has 0 amide bonds. The van der Waals surface area contributed by atoms with Crippen LogP contribution < -0.4 is 0 Å². The zero-order valence-electron chi connectivity index (χ0n) is 6.61. The van der Waals surface area contributed by atoms with Crippen LogP contribution >= 0.6 is 0 Å². The summed E-state index contributed by atoms with van der Waals surface area (Å²) in [5.41, 5.74) is 0.525. The van der Waals surface area contributed by atoms with Crippen LogP contribution in [0.5, 0.6) is 0 Å². The molecule has 1 unspecified atom stereocenters. The van der Waals surface area contributed by atoms with E-state index in [0.717, 1.165) is 6.61 Å². The Morgan fingerprint density at radius 1 is 1.44 bits per heavy atom. The zero-order chi connectivity index (χ0) is 6.91. The minimum atomic E-state index is 0.480. The molecule has 1 aliphatic rings. The first-order valence-electron chi connectivity index (χ1n) is 3.72. The van der Waals surface area contributed by atoms with Crippen LogP contribution in [0.15, 0.2) is 0 Å². The van der Waals surface area contributed by atoms with Gasteiger partial charge in [-0.1, -0.05) is 13.8 Å². The summed E-state index contributed by atoms with van der Waals surface area (Å²) in [5.74, 6) is 0. The lowest BCUT2D eigenvalue weighted by atomic mass is 9.82. The Balaban J connectivity index is 2.41. The van der Waals surface area contributed by atoms with Gasteiger partial charge in [-0.05, 0) is 25.2 Å². The first kappa shape index (κ1) is 7.07. The number of ether oxygens (including phenoxy) is 1. The zero-order valence-corrected chi connectivity index (χ0v) is 6.61. The van der Waals surface area contributed by atoms with Gasteiger partial charge in [-0.3, -0.25) is 0 Å². The van der Waals surface area contributed by atoms with E-state index < -0.39 is 0 Å². The Morgan fingerprint density at radius 2 is 2.11 bits per heavy atom. The van der Waals surface area contributed by atoms with Gasteiger partial charge in [0.25, 0.3) is 0 Å². The minimum Gasteiger partial charge on any atom is -0.378 e. The molecule has 1 rings (SSSR count). The highest BCUT2D eigenvalue weighted by atomic mass is 16.5. The van der Waals surface area contributed by atoms with Gasteiger partial charge in [-0.2, -0.15) is 0 Å². The van der Waals surface area contributed by atoms with E-state index in [-0.39, 0.29) is 0 Å². The third-order valence-electron chi connectivity index (χ3n) is 2.02. The second-order valence-electron chi connectivity index (χ2n) is 3.80. The normalized spacial score (nSPS) is 34.3. The van der Waals surface area contributed by atoms with Gasteiger partial charge in [0.2, 0.25) is 0 Å². The highest BCUT2D eigenvalue weighted by Gasteiger charge is 2.25. The minimum absolute atomic E-state index is 0.480. The van der Waals surface area contributed by atoms with E-state index in [2.05, 4.69) is 20.8 Å². The molecule has 0 radical (unpaired) electrons. The first-order valence-corrected chi connectivity index (χ1v) is 3.72. The maximum absolute atomic E-state index is 5.41. The van der Waals surface area contributed by atoms with Crippen LogP contribution in [0.4, 0.5) is 0 Å². The summed E-state index contributed by atoms with van der Waals surface area (Å²) < 4.78 is 5.41. The van der Waals surface area contributed by atoms with Gasteiger partial charge >= 0.3 is 0 Å². The van der Waals surface area contributed by atoms with Gasteiger partial charge in [-0.25, -0.2) is 0 Å². The van der Waals surface area contributed by atoms with E-state index >= 15 is 0 Å². The van der Waals surface area contributed by atoms with Crippen LogP contribution in [0.2, 0.25) is 0 Å². The van der Waals surface area contributed by atoms with Gasteiger partial charge in [0, 0.05) is 6.61 Å². The average molecular weight is 128 g/mol. The summed E-state index contributed by atoms with van der Waals surface area (Å²) in [7, 11) is 0. The van der Waals surface area contributed by atoms with Crippen molar-refractivity contribution in [2.75, 3.05) is 6.61 Å². The molecule has 0 aromatic rings. The smallest absolute Gasteiger partial charge is 0.0552 e. The molecule has 0 aromatic heterocycles. The Labute approximate surface area is 57.4 Å². The van der Waals surface area contributed by atoms with Crippen molar-refractivity contribution in [3.05, 3.63) is 0 Å². The first-order chi connectivity index (χ1) is 4.10. The Kier molecular flexibility index (Phi) is 1.80. The Hall–Kier alpha value is -0.0400. The number of hydrogen-bond donors (Lipinski definition) is 0. The molecule has 1 nitrogen and oxygen atoms in total. The van der Waals surface area contributed by atoms with Crippen LogP contribution in [0.3, 0.4) is 0 Å². The van der Waals surface area contributed by atoms with Crippen molar-refractivity contribution < 1.29 is 4.74 Å². The van der Waals surface area contributed by atoms with E-state index in [1.54, 1.807) is 0 Å². The van der Waals surface area contributed by atoms with Gasteiger partial charge in [0.1, 0.15) is 0 Å². The lowest BCUT2D eigenvalue weighted by Crippen LogP contribution is -2.28. The monoisotopic (exact) mass is 128 g/mol. The number of rotatable bonds is 0. The predicted octanol–water partition coefficient (Wildman–Crippen LogP) is 2.21. The van der Waals surface area contributed by atoms with E-state index in [9.17, 15) is 0 Å². The van der Waals surface area contributed by atoms with Crippen molar-refractivity contribution in [1.82, 2.24) is 0 Å². The third kappa shape index (κ3) is 1.98. The molecular formula is C8H16O. The van der Waals surface area contributed by atoms with Crippen LogP contribution in [0, 0.1) is 5.41 Å². The van der Waals surface area contributed by atoms with Crippen molar-refractivity contribution in [3.63, 3.8) is 0 Å². The molecule has 0 N–H and O–H groups in total. The summed E-state index contributed by atoms with van der Waals surface area (Å²) in [5, 5.41) is 0. The van der Waals surface area contributed by atoms with Crippen LogP contribution in [-0.2, 0) is 4.74 Å². The van der Waals surface area contributed by atoms with E-state index in [1.807, 2.05) is 0 Å². The van der Waals surface area contributed by atoms with Crippen molar-refractivity contribution >= 4 is 0 Å². The quantitative estimate of drug-likeness (QED) is 0.486. The third-order valence-corrected chi connectivity index (χ3v) is 2.02. The standard InChI is InChI=1S/C8H16O/c1-7-6-8(2,3)4-5-9-7/h7H,4-6H2,1-3H3. The van der Waals surface area contributed by atoms with Gasteiger partial charge in [-0.15, -0.1) is 0 Å². The fourth-order valence-corrected chi connectivity index (χ4v) is 1.48.